The van der Waals surface area contributed by atoms with E-state index in [0.717, 1.165) is 11.6 Å². The summed E-state index contributed by atoms with van der Waals surface area (Å²) in [6.45, 7) is 2.92. The van der Waals surface area contributed by atoms with Crippen LogP contribution in [0.25, 0.3) is 11.3 Å². The Morgan fingerprint density at radius 2 is 1.89 bits per heavy atom. The first-order valence-corrected chi connectivity index (χ1v) is 17.2. The van der Waals surface area contributed by atoms with Gasteiger partial charge in [-0.1, -0.05) is 42.8 Å². The number of carbonyl (C=O) groups is 2. The number of halogens is 5. The van der Waals surface area contributed by atoms with E-state index in [2.05, 4.69) is 16.5 Å². The number of likely N-dealkylation sites (N-methyl/N-ethyl adjacent to an activating group) is 1. The molecule has 54 heavy (non-hydrogen) atoms. The van der Waals surface area contributed by atoms with Gasteiger partial charge in [0.2, 0.25) is 12.6 Å². The molecule has 286 valence electrons. The Bertz CT molecular complexity index is 2110. The molecular formula is C36H36Cl3F2N7O5S. The molecule has 18 heteroatoms. The maximum atomic E-state index is 15.4. The number of esters is 1. The van der Waals surface area contributed by atoms with Crippen LogP contribution in [0.15, 0.2) is 78.7 Å². The Hall–Kier alpha value is -4.69. The quantitative estimate of drug-likeness (QED) is 0.135. The van der Waals surface area contributed by atoms with E-state index in [1.54, 1.807) is 68.7 Å². The van der Waals surface area contributed by atoms with Gasteiger partial charge in [0.25, 0.3) is 6.33 Å². The summed E-state index contributed by atoms with van der Waals surface area (Å²) >= 11 is 7.47. The first-order chi connectivity index (χ1) is 24.8. The van der Waals surface area contributed by atoms with Crippen LogP contribution in [0.2, 0.25) is 5.02 Å². The third-order valence-electron chi connectivity index (χ3n) is 8.40. The molecule has 0 fully saturated rings. The fraction of sp³-hybridized carbons (Fsp3) is 0.278. The van der Waals surface area contributed by atoms with Crippen molar-refractivity contribution in [2.45, 2.75) is 44.7 Å². The highest BCUT2D eigenvalue weighted by Gasteiger charge is 2.43. The summed E-state index contributed by atoms with van der Waals surface area (Å²) in [5.74, 6) is -3.03. The van der Waals surface area contributed by atoms with Crippen molar-refractivity contribution in [3.05, 3.63) is 117 Å². The van der Waals surface area contributed by atoms with Crippen molar-refractivity contribution in [1.82, 2.24) is 20.1 Å². The van der Waals surface area contributed by atoms with Crippen molar-refractivity contribution in [3.8, 4) is 17.3 Å². The smallest absolute Gasteiger partial charge is 0.416 e. The van der Waals surface area contributed by atoms with Crippen LogP contribution < -0.4 is 27.2 Å². The number of hydrogen-bond acceptors (Lipinski definition) is 10. The first-order valence-electron chi connectivity index (χ1n) is 15.9. The molecule has 0 bridgehead atoms. The molecule has 0 saturated heterocycles. The van der Waals surface area contributed by atoms with Crippen molar-refractivity contribution >= 4 is 53.1 Å². The van der Waals surface area contributed by atoms with Crippen molar-refractivity contribution in [1.29, 1.82) is 5.26 Å². The van der Waals surface area contributed by atoms with Gasteiger partial charge in [-0.3, -0.25) is 9.69 Å². The predicted octanol–water partition coefficient (Wildman–Crippen LogP) is 3.27. The molecule has 2 aromatic heterocycles. The second kappa shape index (κ2) is 19.1. The largest absolute Gasteiger partial charge is 1.00 e. The summed E-state index contributed by atoms with van der Waals surface area (Å²) in [4.78, 5) is 31.1. The van der Waals surface area contributed by atoms with E-state index >= 15 is 4.39 Å². The SMILES string of the molecule is CNCC(=O)OCc1ccc(Cl)cc1N(C)C(=O)OC(C)[n+]1cnn(CC(O)(c2ccc(F)cc2F)C(C)c2nc(-c3ccc(C#N)cc3)cs2)c1.Cl.[Cl-]. The lowest BCUT2D eigenvalue weighted by molar-refractivity contribution is -0.753. The highest BCUT2D eigenvalue weighted by atomic mass is 35.5. The van der Waals surface area contributed by atoms with Crippen LogP contribution in [-0.2, 0) is 33.0 Å². The molecule has 3 atom stereocenters. The third-order valence-corrected chi connectivity index (χ3v) is 9.67. The van der Waals surface area contributed by atoms with Crippen LogP contribution in [-0.4, -0.2) is 52.6 Å². The highest BCUT2D eigenvalue weighted by molar-refractivity contribution is 7.10. The summed E-state index contributed by atoms with van der Waals surface area (Å²) in [5.41, 5.74) is 0.619. The van der Waals surface area contributed by atoms with Crippen LogP contribution in [0, 0.1) is 23.0 Å². The molecule has 0 saturated carbocycles. The molecule has 0 aliphatic heterocycles. The van der Waals surface area contributed by atoms with Gasteiger partial charge in [0.05, 0.1) is 34.6 Å². The second-order valence-electron chi connectivity index (χ2n) is 11.9. The molecule has 3 unspecified atom stereocenters. The van der Waals surface area contributed by atoms with Gasteiger partial charge in [0.1, 0.15) is 30.4 Å². The van der Waals surface area contributed by atoms with E-state index in [1.165, 1.54) is 51.3 Å². The summed E-state index contributed by atoms with van der Waals surface area (Å²) in [6.07, 6.45) is 1.20. The first kappa shape index (κ1) is 43.7. The number of amides is 1. The van der Waals surface area contributed by atoms with Gasteiger partial charge in [0.15, 0.2) is 0 Å². The van der Waals surface area contributed by atoms with E-state index in [9.17, 15) is 19.1 Å². The molecule has 3 aromatic carbocycles. The lowest BCUT2D eigenvalue weighted by atomic mass is 9.82. The van der Waals surface area contributed by atoms with Crippen molar-refractivity contribution < 1.29 is 49.9 Å². The zero-order valence-corrected chi connectivity index (χ0v) is 32.5. The fourth-order valence-corrected chi connectivity index (χ4v) is 6.54. The van der Waals surface area contributed by atoms with E-state index < -0.39 is 41.4 Å². The number of ether oxygens (including phenoxy) is 2. The Labute approximate surface area is 331 Å². The minimum Gasteiger partial charge on any atom is -1.00 e. The minimum atomic E-state index is -1.97. The zero-order chi connectivity index (χ0) is 37.6. The Morgan fingerprint density at radius 1 is 1.17 bits per heavy atom. The van der Waals surface area contributed by atoms with Gasteiger partial charge in [-0.2, -0.15) is 9.83 Å². The molecule has 2 N–H and O–H groups in total. The van der Waals surface area contributed by atoms with Crippen molar-refractivity contribution in [3.63, 3.8) is 0 Å². The molecule has 0 spiro atoms. The molecule has 0 radical (unpaired) electrons. The standard InChI is InChI=1S/C36H35ClF2N7O5S.2ClH/c1-22(34-43-31(18-52-34)25-7-5-24(15-40)6-8-25)36(49,29-12-11-28(38)14-30(29)39)19-46-21-45(20-42-46)23(2)51-35(48)44(4)32-13-27(37)10-9-26(32)17-50-33(47)16-41-3;;/h5-14,18,20-23,41,49H,16-17,19H2,1-4H3;2*1H/q+1;;/p-1. The van der Waals surface area contributed by atoms with Crippen LogP contribution in [0.4, 0.5) is 19.3 Å². The van der Waals surface area contributed by atoms with Crippen LogP contribution in [0.1, 0.15) is 47.7 Å². The van der Waals surface area contributed by atoms with Crippen LogP contribution in [0.3, 0.4) is 0 Å². The number of nitrogens with zero attached hydrogens (tertiary/aromatic N) is 6. The highest BCUT2D eigenvalue weighted by Crippen LogP contribution is 2.41. The van der Waals surface area contributed by atoms with Gasteiger partial charge < -0.3 is 32.3 Å². The zero-order valence-electron chi connectivity index (χ0n) is 29.4. The van der Waals surface area contributed by atoms with Crippen molar-refractivity contribution in [2.24, 2.45) is 0 Å². The molecule has 0 aliphatic carbocycles. The predicted molar refractivity (Wildman–Crippen MR) is 195 cm³/mol. The molecular weight excluding hydrogens is 787 g/mol. The second-order valence-corrected chi connectivity index (χ2v) is 13.3. The number of nitriles is 1. The third kappa shape index (κ3) is 10.1. The number of rotatable bonds is 13. The van der Waals surface area contributed by atoms with Crippen molar-refractivity contribution in [2.75, 3.05) is 25.5 Å². The molecule has 5 rings (SSSR count). The number of carbonyl (C=O) groups excluding carboxylic acids is 2. The maximum absolute atomic E-state index is 15.4. The molecule has 12 nitrogen and oxygen atoms in total. The van der Waals surface area contributed by atoms with E-state index in [0.29, 0.717) is 38.6 Å². The lowest BCUT2D eigenvalue weighted by Gasteiger charge is -2.32. The molecule has 1 amide bonds. The van der Waals surface area contributed by atoms with Gasteiger partial charge in [0, 0.05) is 58.1 Å². The van der Waals surface area contributed by atoms with Gasteiger partial charge >= 0.3 is 12.1 Å². The number of aliphatic hydroxyl groups is 1. The average molecular weight is 823 g/mol. The number of thiazole rings is 1. The molecule has 2 heterocycles. The van der Waals surface area contributed by atoms with Gasteiger partial charge in [-0.15, -0.1) is 28.4 Å². The molecule has 5 aromatic rings. The number of anilines is 1. The summed E-state index contributed by atoms with van der Waals surface area (Å²) in [7, 11) is 3.10. The number of nitrogens with one attached hydrogen (secondary N) is 1. The number of aromatic nitrogens is 4. The van der Waals surface area contributed by atoms with E-state index in [-0.39, 0.29) is 50.1 Å². The fourth-order valence-electron chi connectivity index (χ4n) is 5.40. The number of benzene rings is 3. The summed E-state index contributed by atoms with van der Waals surface area (Å²) in [5, 5.41) is 31.1. The van der Waals surface area contributed by atoms with E-state index in [1.807, 2.05) is 0 Å². The Kier molecular flexibility index (Phi) is 15.4. The Balaban J connectivity index is 0.00000392. The number of hydrogen-bond donors (Lipinski definition) is 2. The van der Waals surface area contributed by atoms with Crippen LogP contribution in [0.5, 0.6) is 0 Å². The molecule has 0 aliphatic rings. The van der Waals surface area contributed by atoms with E-state index in [4.69, 9.17) is 31.3 Å². The van der Waals surface area contributed by atoms with Gasteiger partial charge in [-0.05, 0) is 37.4 Å². The lowest BCUT2D eigenvalue weighted by Crippen LogP contribution is -3.00. The maximum Gasteiger partial charge on any atom is 0.416 e. The minimum absolute atomic E-state index is 0. The topological polar surface area (TPSA) is 146 Å². The summed E-state index contributed by atoms with van der Waals surface area (Å²) < 4.78 is 43.1. The Morgan fingerprint density at radius 3 is 2.56 bits per heavy atom. The van der Waals surface area contributed by atoms with Gasteiger partial charge in [-0.25, -0.2) is 18.6 Å². The monoisotopic (exact) mass is 821 g/mol. The summed E-state index contributed by atoms with van der Waals surface area (Å²) in [6, 6.07) is 16.7. The normalized spacial score (nSPS) is 12.9. The van der Waals surface area contributed by atoms with Crippen LogP contribution >= 0.6 is 35.3 Å². The average Bonchev–Trinajstić information content (AvgIpc) is 3.81.